The summed E-state index contributed by atoms with van der Waals surface area (Å²) in [6.45, 7) is 14.3. The highest BCUT2D eigenvalue weighted by Crippen LogP contribution is 2.30. The minimum atomic E-state index is -0.0343. The van der Waals surface area contributed by atoms with Gasteiger partial charge in [-0.3, -0.25) is 0 Å². The SMILES string of the molecule is C=C(NC(C(=C)/C=C\C=C/C)c1cccc(OC)c1)C1CCN(CCCc2ccccc2)CC1. The van der Waals surface area contributed by atoms with E-state index in [1.54, 1.807) is 7.11 Å². The molecule has 3 nitrogen and oxygen atoms in total. The van der Waals surface area contributed by atoms with Crippen molar-refractivity contribution in [2.75, 3.05) is 26.7 Å². The molecule has 1 aliphatic heterocycles. The van der Waals surface area contributed by atoms with Gasteiger partial charge in [-0.05, 0) is 81.1 Å². The van der Waals surface area contributed by atoms with E-state index >= 15 is 0 Å². The van der Waals surface area contributed by atoms with Crippen LogP contribution in [0.15, 0.2) is 103 Å². The molecule has 180 valence electrons. The molecule has 3 rings (SSSR count). The maximum absolute atomic E-state index is 5.46. The highest BCUT2D eigenvalue weighted by Gasteiger charge is 2.24. The lowest BCUT2D eigenvalue weighted by atomic mass is 9.91. The van der Waals surface area contributed by atoms with Gasteiger partial charge < -0.3 is 15.0 Å². The maximum atomic E-state index is 5.46. The third-order valence-corrected chi connectivity index (χ3v) is 6.60. The van der Waals surface area contributed by atoms with E-state index in [9.17, 15) is 0 Å². The van der Waals surface area contributed by atoms with Gasteiger partial charge in [0, 0.05) is 11.6 Å². The van der Waals surface area contributed by atoms with Gasteiger partial charge in [-0.2, -0.15) is 0 Å². The summed E-state index contributed by atoms with van der Waals surface area (Å²) in [6, 6.07) is 19.0. The van der Waals surface area contributed by atoms with Crippen molar-refractivity contribution in [1.82, 2.24) is 10.2 Å². The minimum Gasteiger partial charge on any atom is -0.497 e. The van der Waals surface area contributed by atoms with Crippen molar-refractivity contribution >= 4 is 0 Å². The first-order valence-electron chi connectivity index (χ1n) is 12.4. The molecule has 2 aromatic carbocycles. The molecule has 1 aliphatic rings. The van der Waals surface area contributed by atoms with Crippen molar-refractivity contribution in [3.63, 3.8) is 0 Å². The van der Waals surface area contributed by atoms with Crippen molar-refractivity contribution in [1.29, 1.82) is 0 Å². The van der Waals surface area contributed by atoms with E-state index in [1.807, 2.05) is 37.3 Å². The molecule has 0 bridgehead atoms. The average molecular weight is 457 g/mol. The van der Waals surface area contributed by atoms with Crippen LogP contribution in [0.1, 0.15) is 43.4 Å². The van der Waals surface area contributed by atoms with Crippen molar-refractivity contribution in [3.8, 4) is 5.75 Å². The Balaban J connectivity index is 1.55. The lowest BCUT2D eigenvalue weighted by molar-refractivity contribution is 0.193. The standard InChI is InChI=1S/C31H40N2O/c1-5-6-8-13-25(2)31(29-17-11-18-30(24-29)34-4)32-26(3)28-19-22-33(23-20-28)21-12-16-27-14-9-7-10-15-27/h5-11,13-15,17-18,24,28,31-32H,2-3,12,16,19-23H2,1,4H3/b6-5-,13-8-. The average Bonchev–Trinajstić information content (AvgIpc) is 2.88. The van der Waals surface area contributed by atoms with Crippen LogP contribution in [0.5, 0.6) is 5.75 Å². The highest BCUT2D eigenvalue weighted by molar-refractivity contribution is 5.39. The van der Waals surface area contributed by atoms with E-state index in [0.29, 0.717) is 5.92 Å². The molecule has 1 N–H and O–H groups in total. The fourth-order valence-corrected chi connectivity index (χ4v) is 4.56. The van der Waals surface area contributed by atoms with Crippen LogP contribution in [0.2, 0.25) is 0 Å². The van der Waals surface area contributed by atoms with Gasteiger partial charge in [-0.1, -0.05) is 79.9 Å². The molecule has 1 fully saturated rings. The first-order valence-corrected chi connectivity index (χ1v) is 12.4. The van der Waals surface area contributed by atoms with E-state index in [4.69, 9.17) is 4.74 Å². The molecular weight excluding hydrogens is 416 g/mol. The Morgan fingerprint density at radius 3 is 2.56 bits per heavy atom. The van der Waals surface area contributed by atoms with Crippen LogP contribution in [0, 0.1) is 5.92 Å². The topological polar surface area (TPSA) is 24.5 Å². The second kappa shape index (κ2) is 13.6. The summed E-state index contributed by atoms with van der Waals surface area (Å²) < 4.78 is 5.46. The van der Waals surface area contributed by atoms with Crippen LogP contribution in [-0.4, -0.2) is 31.6 Å². The van der Waals surface area contributed by atoms with Gasteiger partial charge in [0.1, 0.15) is 5.75 Å². The molecule has 1 unspecified atom stereocenters. The van der Waals surface area contributed by atoms with Gasteiger partial charge in [-0.25, -0.2) is 0 Å². The third kappa shape index (κ3) is 7.78. The van der Waals surface area contributed by atoms with Gasteiger partial charge in [0.2, 0.25) is 0 Å². The van der Waals surface area contributed by atoms with Crippen LogP contribution in [0.3, 0.4) is 0 Å². The fraction of sp³-hybridized carbons (Fsp3) is 0.355. The summed E-state index contributed by atoms with van der Waals surface area (Å²) in [6.07, 6.45) is 12.8. The summed E-state index contributed by atoms with van der Waals surface area (Å²) in [5, 5.41) is 3.72. The number of ether oxygens (including phenoxy) is 1. The molecule has 1 saturated heterocycles. The van der Waals surface area contributed by atoms with E-state index in [1.165, 1.54) is 18.5 Å². The first-order chi connectivity index (χ1) is 16.6. The maximum Gasteiger partial charge on any atom is 0.119 e. The Hall–Kier alpha value is -3.04. The molecule has 1 heterocycles. The Kier molecular flexibility index (Phi) is 10.2. The van der Waals surface area contributed by atoms with E-state index in [-0.39, 0.29) is 6.04 Å². The van der Waals surface area contributed by atoms with Crippen molar-refractivity contribution < 1.29 is 4.74 Å². The summed E-state index contributed by atoms with van der Waals surface area (Å²) >= 11 is 0. The number of nitrogens with one attached hydrogen (secondary N) is 1. The fourth-order valence-electron chi connectivity index (χ4n) is 4.56. The number of allylic oxidation sites excluding steroid dienone is 4. The van der Waals surface area contributed by atoms with Crippen LogP contribution in [0.4, 0.5) is 0 Å². The van der Waals surface area contributed by atoms with Crippen molar-refractivity contribution in [3.05, 3.63) is 114 Å². The molecule has 0 saturated carbocycles. The van der Waals surface area contributed by atoms with Gasteiger partial charge >= 0.3 is 0 Å². The summed E-state index contributed by atoms with van der Waals surface area (Å²) in [4.78, 5) is 2.60. The van der Waals surface area contributed by atoms with Crippen LogP contribution >= 0.6 is 0 Å². The van der Waals surface area contributed by atoms with Crippen molar-refractivity contribution in [2.45, 2.75) is 38.6 Å². The first kappa shape index (κ1) is 25.6. The quantitative estimate of drug-likeness (QED) is 0.353. The van der Waals surface area contributed by atoms with Gasteiger partial charge in [0.15, 0.2) is 0 Å². The zero-order valence-electron chi connectivity index (χ0n) is 20.9. The second-order valence-electron chi connectivity index (χ2n) is 9.04. The van der Waals surface area contributed by atoms with Crippen LogP contribution < -0.4 is 10.1 Å². The molecular formula is C31H40N2O. The number of nitrogens with zero attached hydrogens (tertiary/aromatic N) is 1. The Labute approximate surface area is 206 Å². The normalized spacial score (nSPS) is 16.1. The number of benzene rings is 2. The molecule has 34 heavy (non-hydrogen) atoms. The van der Waals surface area contributed by atoms with Gasteiger partial charge in [-0.15, -0.1) is 0 Å². The third-order valence-electron chi connectivity index (χ3n) is 6.60. The number of aryl methyl sites for hydroxylation is 1. The number of hydrogen-bond acceptors (Lipinski definition) is 3. The molecule has 0 aliphatic carbocycles. The smallest absolute Gasteiger partial charge is 0.119 e. The number of methoxy groups -OCH3 is 1. The lowest BCUT2D eigenvalue weighted by Gasteiger charge is -2.34. The highest BCUT2D eigenvalue weighted by atomic mass is 16.5. The number of rotatable bonds is 12. The molecule has 1 atom stereocenters. The molecule has 0 spiro atoms. The number of piperidine rings is 1. The van der Waals surface area contributed by atoms with E-state index in [0.717, 1.165) is 54.9 Å². The Morgan fingerprint density at radius 1 is 1.09 bits per heavy atom. The minimum absolute atomic E-state index is 0.0343. The molecule has 0 aromatic heterocycles. The van der Waals surface area contributed by atoms with E-state index < -0.39 is 0 Å². The second-order valence-corrected chi connectivity index (χ2v) is 9.04. The van der Waals surface area contributed by atoms with Crippen LogP contribution in [-0.2, 0) is 6.42 Å². The molecule has 3 heteroatoms. The molecule has 2 aromatic rings. The van der Waals surface area contributed by atoms with Gasteiger partial charge in [0.05, 0.1) is 13.2 Å². The predicted molar refractivity (Wildman–Crippen MR) is 145 cm³/mol. The van der Waals surface area contributed by atoms with E-state index in [2.05, 4.69) is 71.9 Å². The summed E-state index contributed by atoms with van der Waals surface area (Å²) in [5.74, 6) is 1.33. The zero-order valence-corrected chi connectivity index (χ0v) is 20.9. The molecule has 0 amide bonds. The molecule has 0 radical (unpaired) electrons. The zero-order chi connectivity index (χ0) is 24.2. The number of likely N-dealkylation sites (tertiary alicyclic amines) is 1. The number of hydrogen-bond donors (Lipinski definition) is 1. The Morgan fingerprint density at radius 2 is 1.85 bits per heavy atom. The summed E-state index contributed by atoms with van der Waals surface area (Å²) in [5.41, 5.74) is 4.68. The van der Waals surface area contributed by atoms with Crippen LogP contribution in [0.25, 0.3) is 0 Å². The predicted octanol–water partition coefficient (Wildman–Crippen LogP) is 6.87. The van der Waals surface area contributed by atoms with Crippen molar-refractivity contribution in [2.24, 2.45) is 5.92 Å². The lowest BCUT2D eigenvalue weighted by Crippen LogP contribution is -2.37. The monoisotopic (exact) mass is 456 g/mol. The largest absolute Gasteiger partial charge is 0.497 e. The summed E-state index contributed by atoms with van der Waals surface area (Å²) in [7, 11) is 1.70. The van der Waals surface area contributed by atoms with Gasteiger partial charge in [0.25, 0.3) is 0 Å². The Bertz CT molecular complexity index is 968.